The average Bonchev–Trinajstić information content (AvgIpc) is 2.85. The molecule has 1 heterocycles. The summed E-state index contributed by atoms with van der Waals surface area (Å²) in [6.45, 7) is 4.63. The van der Waals surface area contributed by atoms with E-state index < -0.39 is 46.8 Å². The molecule has 1 saturated carbocycles. The van der Waals surface area contributed by atoms with Gasteiger partial charge in [0.2, 0.25) is 5.91 Å². The Labute approximate surface area is 218 Å². The molecule has 0 aromatic heterocycles. The van der Waals surface area contributed by atoms with Gasteiger partial charge in [-0.15, -0.1) is 23.2 Å². The lowest BCUT2D eigenvalue weighted by Crippen LogP contribution is -2.56. The minimum Gasteiger partial charge on any atom is -0.464 e. The van der Waals surface area contributed by atoms with E-state index in [1.165, 1.54) is 0 Å². The van der Waals surface area contributed by atoms with Crippen LogP contribution in [0.25, 0.3) is 0 Å². The molecule has 0 spiro atoms. The number of aliphatic hydroxyl groups excluding tert-OH is 1. The monoisotopic (exact) mass is 528 g/mol. The lowest BCUT2D eigenvalue weighted by atomic mass is 9.83. The number of rotatable bonds is 10. The van der Waals surface area contributed by atoms with Crippen LogP contribution in [0.3, 0.4) is 0 Å². The summed E-state index contributed by atoms with van der Waals surface area (Å²) in [6, 6.07) is 8.51. The average molecular weight is 530 g/mol. The Kier molecular flexibility index (Phi) is 11.1. The van der Waals surface area contributed by atoms with Gasteiger partial charge in [0.05, 0.1) is 35.5 Å². The van der Waals surface area contributed by atoms with Gasteiger partial charge in [0.25, 0.3) is 0 Å². The topological polar surface area (TPSA) is 88.1 Å². The molecule has 2 N–H and O–H groups in total. The van der Waals surface area contributed by atoms with Crippen LogP contribution in [0.4, 0.5) is 0 Å². The van der Waals surface area contributed by atoms with Gasteiger partial charge in [-0.1, -0.05) is 30.3 Å². The van der Waals surface area contributed by atoms with E-state index in [4.69, 9.17) is 32.7 Å². The summed E-state index contributed by atoms with van der Waals surface area (Å²) >= 11 is 13.2. The van der Waals surface area contributed by atoms with Crippen LogP contribution in [0, 0.1) is 11.8 Å². The fourth-order valence-corrected chi connectivity index (χ4v) is 5.80. The number of piperidine rings is 1. The van der Waals surface area contributed by atoms with E-state index in [0.717, 1.165) is 37.9 Å². The first-order chi connectivity index (χ1) is 16.8. The predicted molar refractivity (Wildman–Crippen MR) is 137 cm³/mol. The molecule has 7 nitrogen and oxygen atoms in total. The maximum absolute atomic E-state index is 13.1. The first kappa shape index (κ1) is 28.2. The van der Waals surface area contributed by atoms with Crippen LogP contribution in [0.1, 0.15) is 38.2 Å². The molecule has 1 aromatic rings. The Hall–Kier alpha value is -1.38. The van der Waals surface area contributed by atoms with Gasteiger partial charge in [-0.05, 0) is 64.2 Å². The number of amides is 1. The second-order valence-electron chi connectivity index (χ2n) is 9.67. The Morgan fingerprint density at radius 1 is 1.20 bits per heavy atom. The molecule has 3 rings (SSSR count). The molecule has 1 saturated heterocycles. The molecule has 6 atom stereocenters. The second-order valence-corrected chi connectivity index (χ2v) is 10.7. The number of alkyl halides is 2. The zero-order valence-electron chi connectivity index (χ0n) is 20.6. The van der Waals surface area contributed by atoms with E-state index in [9.17, 15) is 14.7 Å². The molecule has 1 aliphatic carbocycles. The number of esters is 1. The van der Waals surface area contributed by atoms with Crippen LogP contribution in [0.5, 0.6) is 0 Å². The summed E-state index contributed by atoms with van der Waals surface area (Å²) in [5, 5.41) is 12.3. The molecule has 9 heteroatoms. The van der Waals surface area contributed by atoms with Crippen molar-refractivity contribution in [2.75, 3.05) is 33.4 Å². The van der Waals surface area contributed by atoms with E-state index in [0.29, 0.717) is 12.5 Å². The fourth-order valence-electron chi connectivity index (χ4n) is 4.88. The highest BCUT2D eigenvalue weighted by atomic mass is 35.5. The van der Waals surface area contributed by atoms with Crippen molar-refractivity contribution in [3.05, 3.63) is 35.9 Å². The first-order valence-corrected chi connectivity index (χ1v) is 13.4. The van der Waals surface area contributed by atoms with Crippen molar-refractivity contribution in [1.29, 1.82) is 0 Å². The summed E-state index contributed by atoms with van der Waals surface area (Å²) < 4.78 is 11.2. The van der Waals surface area contributed by atoms with E-state index in [1.54, 1.807) is 6.92 Å². The molecular weight excluding hydrogens is 491 g/mol. The van der Waals surface area contributed by atoms with Crippen molar-refractivity contribution in [2.24, 2.45) is 11.8 Å². The maximum atomic E-state index is 13.1. The molecular formula is C26H38Cl2N2O5. The summed E-state index contributed by atoms with van der Waals surface area (Å²) in [5.74, 6) is -1.21. The summed E-state index contributed by atoms with van der Waals surface area (Å²) in [4.78, 5) is 28.0. The Balaban J connectivity index is 1.55. The second kappa shape index (κ2) is 13.8. The molecule has 2 fully saturated rings. The number of benzene rings is 1. The Morgan fingerprint density at radius 2 is 1.89 bits per heavy atom. The van der Waals surface area contributed by atoms with Crippen LogP contribution in [-0.4, -0.2) is 84.2 Å². The first-order valence-electron chi connectivity index (χ1n) is 12.6. The molecule has 2 aliphatic rings. The van der Waals surface area contributed by atoms with Gasteiger partial charge >= 0.3 is 5.97 Å². The lowest BCUT2D eigenvalue weighted by Gasteiger charge is -2.40. The third-order valence-corrected chi connectivity index (χ3v) is 8.00. The standard InChI is InChI=1S/C26H38Cl2N2O5/c1-3-34-26(33)21(15-18-7-5-4-6-8-18)29-25(32)19-16-20(27)24(22(28)23(19)31)35-14-11-17-9-12-30(2)13-10-17/h4-8,17,19-24,31H,3,9-16H2,1-2H3,(H,29,32)/t19?,20?,21-,22?,23?,24?/m0/s1. The highest BCUT2D eigenvalue weighted by Crippen LogP contribution is 2.35. The summed E-state index contributed by atoms with van der Waals surface area (Å²) in [6.07, 6.45) is 2.03. The SMILES string of the molecule is CCOC(=O)[C@H](Cc1ccccc1)NC(=O)C1CC(Cl)C(OCCC2CCN(C)CC2)C(Cl)C1O. The van der Waals surface area contributed by atoms with Crippen molar-refractivity contribution in [3.63, 3.8) is 0 Å². The number of aliphatic hydroxyl groups is 1. The largest absolute Gasteiger partial charge is 0.464 e. The van der Waals surface area contributed by atoms with Crippen LogP contribution < -0.4 is 5.32 Å². The number of carbonyl (C=O) groups excluding carboxylic acids is 2. The molecule has 196 valence electrons. The number of carbonyl (C=O) groups is 2. The highest BCUT2D eigenvalue weighted by molar-refractivity contribution is 6.25. The Bertz CT molecular complexity index is 806. The van der Waals surface area contributed by atoms with E-state index in [1.807, 2.05) is 30.3 Å². The van der Waals surface area contributed by atoms with E-state index in [2.05, 4.69) is 17.3 Å². The number of halogens is 2. The molecule has 1 amide bonds. The number of hydrogen-bond donors (Lipinski definition) is 2. The van der Waals surface area contributed by atoms with E-state index >= 15 is 0 Å². The zero-order valence-corrected chi connectivity index (χ0v) is 22.1. The van der Waals surface area contributed by atoms with Crippen LogP contribution >= 0.6 is 23.2 Å². The number of nitrogens with one attached hydrogen (secondary N) is 1. The maximum Gasteiger partial charge on any atom is 0.328 e. The lowest BCUT2D eigenvalue weighted by molar-refractivity contribution is -0.149. The molecule has 0 bridgehead atoms. The minimum atomic E-state index is -1.14. The third-order valence-electron chi connectivity index (χ3n) is 7.07. The van der Waals surface area contributed by atoms with E-state index in [-0.39, 0.29) is 19.4 Å². The predicted octanol–water partition coefficient (Wildman–Crippen LogP) is 2.99. The number of likely N-dealkylation sites (tertiary alicyclic amines) is 1. The number of nitrogens with zero attached hydrogens (tertiary/aromatic N) is 1. The van der Waals surface area contributed by atoms with Crippen LogP contribution in [0.15, 0.2) is 30.3 Å². The molecule has 0 radical (unpaired) electrons. The van der Waals surface area contributed by atoms with Gasteiger partial charge in [-0.25, -0.2) is 4.79 Å². The molecule has 35 heavy (non-hydrogen) atoms. The normalized spacial score (nSPS) is 28.9. The van der Waals surface area contributed by atoms with Gasteiger partial charge in [-0.2, -0.15) is 0 Å². The van der Waals surface area contributed by atoms with Crippen LogP contribution in [-0.2, 0) is 25.5 Å². The molecule has 1 aromatic carbocycles. The zero-order chi connectivity index (χ0) is 25.4. The number of ether oxygens (including phenoxy) is 2. The van der Waals surface area contributed by atoms with Gasteiger partial charge in [0, 0.05) is 13.0 Å². The van der Waals surface area contributed by atoms with Crippen molar-refractivity contribution in [2.45, 2.75) is 68.0 Å². The van der Waals surface area contributed by atoms with Crippen molar-refractivity contribution in [1.82, 2.24) is 10.2 Å². The van der Waals surface area contributed by atoms with Crippen molar-refractivity contribution >= 4 is 35.1 Å². The highest BCUT2D eigenvalue weighted by Gasteiger charge is 2.46. The molecule has 5 unspecified atom stereocenters. The van der Waals surface area contributed by atoms with Gasteiger partial charge in [0.15, 0.2) is 0 Å². The minimum absolute atomic E-state index is 0.204. The summed E-state index contributed by atoms with van der Waals surface area (Å²) in [7, 11) is 2.13. The van der Waals surface area contributed by atoms with Crippen LogP contribution in [0.2, 0.25) is 0 Å². The Morgan fingerprint density at radius 3 is 2.54 bits per heavy atom. The number of hydrogen-bond acceptors (Lipinski definition) is 6. The third kappa shape index (κ3) is 8.05. The van der Waals surface area contributed by atoms with Crippen molar-refractivity contribution < 1.29 is 24.2 Å². The molecule has 1 aliphatic heterocycles. The van der Waals surface area contributed by atoms with Gasteiger partial charge in [0.1, 0.15) is 6.04 Å². The van der Waals surface area contributed by atoms with Crippen molar-refractivity contribution in [3.8, 4) is 0 Å². The summed E-state index contributed by atoms with van der Waals surface area (Å²) in [5.41, 5.74) is 0.888. The van der Waals surface area contributed by atoms with Gasteiger partial charge in [-0.3, -0.25) is 4.79 Å². The quantitative estimate of drug-likeness (QED) is 0.358. The fraction of sp³-hybridized carbons (Fsp3) is 0.692. The van der Waals surface area contributed by atoms with Gasteiger partial charge < -0.3 is 24.8 Å². The smallest absolute Gasteiger partial charge is 0.328 e.